The number of imide groups is 1. The molecule has 3 aliphatic rings. The van der Waals surface area contributed by atoms with E-state index in [-0.39, 0.29) is 40.0 Å². The van der Waals surface area contributed by atoms with Crippen molar-refractivity contribution in [1.29, 1.82) is 0 Å². The van der Waals surface area contributed by atoms with E-state index in [1.54, 1.807) is 23.6 Å². The van der Waals surface area contributed by atoms with Gasteiger partial charge in [0.2, 0.25) is 0 Å². The van der Waals surface area contributed by atoms with E-state index in [0.717, 1.165) is 37.9 Å². The predicted molar refractivity (Wildman–Crippen MR) is 151 cm³/mol. The molecule has 2 aromatic heterocycles. The maximum atomic E-state index is 13.4. The molecule has 3 aliphatic heterocycles. The Hall–Kier alpha value is -3.27. The van der Waals surface area contributed by atoms with Crippen molar-refractivity contribution in [1.82, 2.24) is 14.8 Å². The molecular formula is C28H28ClN5O3S. The number of nitrogens with zero attached hydrogens (tertiary/aromatic N) is 3. The van der Waals surface area contributed by atoms with Crippen LogP contribution in [0.2, 0.25) is 5.02 Å². The highest BCUT2D eigenvalue weighted by molar-refractivity contribution is 7.09. The van der Waals surface area contributed by atoms with Crippen LogP contribution in [-0.2, 0) is 12.8 Å². The number of rotatable bonds is 6. The summed E-state index contributed by atoms with van der Waals surface area (Å²) in [5.41, 5.74) is 3.21. The average Bonchev–Trinajstić information content (AvgIpc) is 3.60. The van der Waals surface area contributed by atoms with Gasteiger partial charge in [-0.2, -0.15) is 0 Å². The Morgan fingerprint density at radius 2 is 1.97 bits per heavy atom. The second-order valence-corrected chi connectivity index (χ2v) is 11.7. The molecule has 1 saturated heterocycles. The smallest absolute Gasteiger partial charge is 0.263 e. The van der Waals surface area contributed by atoms with E-state index in [1.165, 1.54) is 9.78 Å². The number of anilines is 1. The Labute approximate surface area is 229 Å². The number of fused-ring (bicyclic) bond motifs is 2. The summed E-state index contributed by atoms with van der Waals surface area (Å²) >= 11 is 8.47. The monoisotopic (exact) mass is 549 g/mol. The first-order valence-corrected chi connectivity index (χ1v) is 14.1. The lowest BCUT2D eigenvalue weighted by molar-refractivity contribution is 0.0516. The molecule has 0 aliphatic carbocycles. The van der Waals surface area contributed by atoms with Crippen LogP contribution >= 0.6 is 22.9 Å². The third-order valence-electron chi connectivity index (χ3n) is 7.60. The molecule has 0 unspecified atom stereocenters. The number of carbonyl (C=O) groups is 2. The van der Waals surface area contributed by atoms with Gasteiger partial charge in [-0.25, -0.2) is 0 Å². The normalized spacial score (nSPS) is 18.5. The molecule has 2 N–H and O–H groups in total. The molecule has 1 atom stereocenters. The van der Waals surface area contributed by atoms with E-state index in [4.69, 9.17) is 16.6 Å². The first kappa shape index (κ1) is 25.0. The van der Waals surface area contributed by atoms with Crippen LogP contribution in [0.25, 0.3) is 0 Å². The van der Waals surface area contributed by atoms with Crippen LogP contribution in [0.15, 0.2) is 45.6 Å². The van der Waals surface area contributed by atoms with Crippen molar-refractivity contribution >= 4 is 51.8 Å². The lowest BCUT2D eigenvalue weighted by atomic mass is 9.99. The number of H-pyrrole nitrogens is 1. The largest absolute Gasteiger partial charge is 0.381 e. The summed E-state index contributed by atoms with van der Waals surface area (Å²) in [6, 6.07) is 7.66. The summed E-state index contributed by atoms with van der Waals surface area (Å²) in [4.78, 5) is 52.1. The van der Waals surface area contributed by atoms with E-state index in [9.17, 15) is 14.4 Å². The van der Waals surface area contributed by atoms with Gasteiger partial charge < -0.3 is 15.2 Å². The van der Waals surface area contributed by atoms with Crippen LogP contribution < -0.4 is 10.9 Å². The number of aliphatic imine (C=N–C) groups is 1. The number of carbonyl (C=O) groups excluding carboxylic acids is 2. The number of hydrogen-bond acceptors (Lipinski definition) is 7. The van der Waals surface area contributed by atoms with Crippen LogP contribution in [0.3, 0.4) is 0 Å². The molecule has 1 fully saturated rings. The number of aromatic nitrogens is 1. The van der Waals surface area contributed by atoms with Gasteiger partial charge in [-0.05, 0) is 69.0 Å². The molecule has 1 aromatic carbocycles. The van der Waals surface area contributed by atoms with Gasteiger partial charge in [0.05, 0.1) is 38.8 Å². The second-order valence-electron chi connectivity index (χ2n) is 10.3. The van der Waals surface area contributed by atoms with Crippen LogP contribution in [-0.4, -0.2) is 64.5 Å². The molecule has 38 heavy (non-hydrogen) atoms. The van der Waals surface area contributed by atoms with Crippen LogP contribution in [0, 0.1) is 0 Å². The number of amides is 2. The maximum Gasteiger partial charge on any atom is 0.263 e. The molecule has 5 heterocycles. The topological polar surface area (TPSA) is 97.9 Å². The van der Waals surface area contributed by atoms with Crippen molar-refractivity contribution in [2.24, 2.45) is 4.99 Å². The van der Waals surface area contributed by atoms with Crippen LogP contribution in [0.4, 0.5) is 11.4 Å². The van der Waals surface area contributed by atoms with Crippen molar-refractivity contribution in [3.8, 4) is 0 Å². The summed E-state index contributed by atoms with van der Waals surface area (Å²) in [6.07, 6.45) is 4.29. The Morgan fingerprint density at radius 1 is 1.18 bits per heavy atom. The fraction of sp³-hybridized carbons (Fsp3) is 0.357. The highest BCUT2D eigenvalue weighted by atomic mass is 35.5. The van der Waals surface area contributed by atoms with E-state index in [1.807, 2.05) is 19.2 Å². The molecule has 3 aromatic rings. The number of thiophene rings is 1. The number of benzene rings is 1. The molecular weight excluding hydrogens is 522 g/mol. The first-order chi connectivity index (χ1) is 18.3. The first-order valence-electron chi connectivity index (χ1n) is 12.8. The molecule has 0 radical (unpaired) electrons. The van der Waals surface area contributed by atoms with Gasteiger partial charge >= 0.3 is 0 Å². The summed E-state index contributed by atoms with van der Waals surface area (Å²) in [5.74, 6) is -0.640. The Morgan fingerprint density at radius 3 is 2.71 bits per heavy atom. The Balaban J connectivity index is 1.31. The highest BCUT2D eigenvalue weighted by Crippen LogP contribution is 2.43. The molecule has 10 heteroatoms. The van der Waals surface area contributed by atoms with Gasteiger partial charge in [0.1, 0.15) is 0 Å². The van der Waals surface area contributed by atoms with Gasteiger partial charge in [0.15, 0.2) is 0 Å². The highest BCUT2D eigenvalue weighted by Gasteiger charge is 2.44. The lowest BCUT2D eigenvalue weighted by Crippen LogP contribution is -2.46. The van der Waals surface area contributed by atoms with Crippen molar-refractivity contribution in [2.75, 3.05) is 25.5 Å². The molecule has 8 nitrogen and oxygen atoms in total. The third-order valence-corrected chi connectivity index (χ3v) is 8.86. The van der Waals surface area contributed by atoms with Gasteiger partial charge in [-0.1, -0.05) is 17.7 Å². The summed E-state index contributed by atoms with van der Waals surface area (Å²) in [5, 5.41) is 5.71. The fourth-order valence-electron chi connectivity index (χ4n) is 5.68. The number of hydrogen-bond donors (Lipinski definition) is 2. The van der Waals surface area contributed by atoms with Crippen molar-refractivity contribution < 1.29 is 9.59 Å². The van der Waals surface area contributed by atoms with Crippen LogP contribution in [0.5, 0.6) is 0 Å². The molecule has 0 spiro atoms. The number of likely N-dealkylation sites (tertiary alicyclic amines) is 1. The standard InChI is InChI=1S/C28H28ClN5O3S/c1-15(12-18-4-3-11-38-18)31-20-5-8-30-26(35)23(20)21-14-16-13-19-22(24(29)25(16)32-21)28(37)34(27(19)36)17-6-9-33(2)10-7-17/h3-5,8,11,13,15,17H,6-7,9-10,12,14H2,1-2H3,(H2,30,31,35)/t15-/m1/s1. The number of piperidine rings is 1. The van der Waals surface area contributed by atoms with Crippen molar-refractivity contribution in [3.63, 3.8) is 0 Å². The minimum Gasteiger partial charge on any atom is -0.381 e. The van der Waals surface area contributed by atoms with Gasteiger partial charge in [0, 0.05) is 36.0 Å². The van der Waals surface area contributed by atoms with E-state index >= 15 is 0 Å². The van der Waals surface area contributed by atoms with Crippen molar-refractivity contribution in [3.05, 3.63) is 78.3 Å². The number of aromatic amines is 1. The second kappa shape index (κ2) is 9.80. The van der Waals surface area contributed by atoms with E-state index < -0.39 is 0 Å². The van der Waals surface area contributed by atoms with E-state index in [0.29, 0.717) is 34.6 Å². The number of pyridine rings is 1. The molecule has 0 bridgehead atoms. The average molecular weight is 550 g/mol. The van der Waals surface area contributed by atoms with Gasteiger partial charge in [0.25, 0.3) is 17.4 Å². The molecule has 2 amide bonds. The number of nitrogens with one attached hydrogen (secondary N) is 2. The summed E-state index contributed by atoms with van der Waals surface area (Å²) < 4.78 is 0. The summed E-state index contributed by atoms with van der Waals surface area (Å²) in [7, 11) is 2.04. The zero-order chi connectivity index (χ0) is 26.6. The zero-order valence-corrected chi connectivity index (χ0v) is 22.8. The van der Waals surface area contributed by atoms with E-state index in [2.05, 4.69) is 33.6 Å². The lowest BCUT2D eigenvalue weighted by Gasteiger charge is -2.33. The minimum atomic E-state index is -0.349. The Bertz CT molecular complexity index is 1520. The molecule has 0 saturated carbocycles. The Kier molecular flexibility index (Phi) is 6.45. The minimum absolute atomic E-state index is 0.0896. The third kappa shape index (κ3) is 4.28. The van der Waals surface area contributed by atoms with Crippen LogP contribution in [0.1, 0.15) is 56.5 Å². The predicted octanol–water partition coefficient (Wildman–Crippen LogP) is 4.50. The number of halogens is 1. The van der Waals surface area contributed by atoms with Gasteiger partial charge in [-0.15, -0.1) is 11.3 Å². The quantitative estimate of drug-likeness (QED) is 0.441. The van der Waals surface area contributed by atoms with Gasteiger partial charge in [-0.3, -0.25) is 24.3 Å². The van der Waals surface area contributed by atoms with Crippen molar-refractivity contribution in [2.45, 2.75) is 44.7 Å². The molecule has 196 valence electrons. The fourth-order valence-corrected chi connectivity index (χ4v) is 6.87. The maximum absolute atomic E-state index is 13.4. The summed E-state index contributed by atoms with van der Waals surface area (Å²) in [6.45, 7) is 3.75. The zero-order valence-electron chi connectivity index (χ0n) is 21.2. The molecule has 6 rings (SSSR count). The SMILES string of the molecule is C[C@H](Cc1cccs1)Nc1cc[nH]c(=O)c1C1=Nc2c(cc3c(c2Cl)C(=O)N(C2CCN(C)CC2)C3=O)C1.